The predicted octanol–water partition coefficient (Wildman–Crippen LogP) is 4.08. The minimum absolute atomic E-state index is 0.116. The zero-order chi connectivity index (χ0) is 18.7. The van der Waals surface area contributed by atoms with Crippen LogP contribution in [-0.4, -0.2) is 16.2 Å². The summed E-state index contributed by atoms with van der Waals surface area (Å²) in [5, 5.41) is 20.0. The van der Waals surface area contributed by atoms with Crippen LogP contribution < -0.4 is 5.11 Å². The van der Waals surface area contributed by atoms with Gasteiger partial charge in [-0.25, -0.2) is 0 Å². The average Bonchev–Trinajstić information content (AvgIpc) is 3.23. The molecular weight excluding hydrogens is 399 g/mol. The molecule has 3 rings (SSSR count). The van der Waals surface area contributed by atoms with E-state index in [4.69, 9.17) is 32.0 Å². The fourth-order valence-corrected chi connectivity index (χ4v) is 3.21. The number of halogens is 2. The number of aromatic nitrogens is 2. The Hall–Kier alpha value is -2.22. The number of benzene rings is 1. The number of aliphatic carboxylic acids is 1. The van der Waals surface area contributed by atoms with E-state index in [1.165, 1.54) is 6.08 Å². The molecule has 2 aromatic heterocycles. The molecule has 0 fully saturated rings. The first-order valence-electron chi connectivity index (χ1n) is 7.44. The van der Waals surface area contributed by atoms with Gasteiger partial charge in [0.05, 0.1) is 11.0 Å². The number of carboxylic acid groups (broad SMARTS) is 1. The maximum Gasteiger partial charge on any atom is 0.281 e. The first-order chi connectivity index (χ1) is 12.5. The Morgan fingerprint density at radius 2 is 2.04 bits per heavy atom. The van der Waals surface area contributed by atoms with Gasteiger partial charge in [-0.05, 0) is 48.2 Å². The Balaban J connectivity index is 1.86. The van der Waals surface area contributed by atoms with Gasteiger partial charge in [0, 0.05) is 21.9 Å². The van der Waals surface area contributed by atoms with Gasteiger partial charge in [-0.3, -0.25) is 0 Å². The van der Waals surface area contributed by atoms with Crippen LogP contribution in [0.5, 0.6) is 0 Å². The lowest BCUT2D eigenvalue weighted by Gasteiger charge is -2.04. The van der Waals surface area contributed by atoms with Crippen LogP contribution in [0.4, 0.5) is 0 Å². The molecule has 6 nitrogen and oxygen atoms in total. The molecule has 26 heavy (non-hydrogen) atoms. The molecule has 0 saturated carbocycles. The van der Waals surface area contributed by atoms with E-state index in [0.29, 0.717) is 39.4 Å². The third-order valence-corrected chi connectivity index (χ3v) is 4.64. The van der Waals surface area contributed by atoms with Gasteiger partial charge in [0.15, 0.2) is 0 Å². The van der Waals surface area contributed by atoms with Gasteiger partial charge in [-0.2, -0.15) is 0 Å². The summed E-state index contributed by atoms with van der Waals surface area (Å²) in [5.74, 6) is -0.170. The molecule has 0 aliphatic carbocycles. The summed E-state index contributed by atoms with van der Waals surface area (Å²) in [5.41, 5.74) is 0.642. The zero-order valence-corrected chi connectivity index (χ0v) is 15.7. The Kier molecular flexibility index (Phi) is 5.70. The van der Waals surface area contributed by atoms with Crippen molar-refractivity contribution in [2.75, 3.05) is 0 Å². The van der Waals surface area contributed by atoms with Crippen molar-refractivity contribution in [3.05, 3.63) is 56.9 Å². The number of thioether (sulfide) groups is 1. The molecular formula is C17H11Cl2N2O4S-. The van der Waals surface area contributed by atoms with Gasteiger partial charge in [0.2, 0.25) is 5.89 Å². The summed E-state index contributed by atoms with van der Waals surface area (Å²) >= 11 is 12.8. The number of furan rings is 1. The minimum atomic E-state index is -1.38. The monoisotopic (exact) mass is 409 g/mol. The normalized spacial score (nSPS) is 11.7. The molecule has 0 spiro atoms. The third-order valence-electron chi connectivity index (χ3n) is 3.25. The molecule has 0 aliphatic heterocycles. The maximum absolute atomic E-state index is 11.4. The fraction of sp³-hybridized carbons (Fsp3) is 0.118. The van der Waals surface area contributed by atoms with Crippen LogP contribution in [0.3, 0.4) is 0 Å². The van der Waals surface area contributed by atoms with Crippen LogP contribution in [0.25, 0.3) is 17.4 Å². The molecule has 0 unspecified atom stereocenters. The molecule has 2 heterocycles. The number of hydrogen-bond acceptors (Lipinski definition) is 7. The second-order valence-electron chi connectivity index (χ2n) is 5.04. The Bertz CT molecular complexity index is 981. The molecule has 0 atom stereocenters. The molecule has 9 heteroatoms. The first kappa shape index (κ1) is 18.6. The first-order valence-corrected chi connectivity index (χ1v) is 9.02. The van der Waals surface area contributed by atoms with Crippen molar-refractivity contribution in [3.63, 3.8) is 0 Å². The van der Waals surface area contributed by atoms with Crippen molar-refractivity contribution in [2.24, 2.45) is 0 Å². The van der Waals surface area contributed by atoms with E-state index in [9.17, 15) is 9.90 Å². The SMILES string of the molecule is CCc1nnc(S/C(=C/c2ccc(-c3ccc(Cl)cc3Cl)o2)C(=O)[O-])o1. The topological polar surface area (TPSA) is 92.2 Å². The van der Waals surface area contributed by atoms with E-state index in [1.807, 2.05) is 6.92 Å². The van der Waals surface area contributed by atoms with Crippen molar-refractivity contribution in [1.29, 1.82) is 0 Å². The van der Waals surface area contributed by atoms with Crippen LogP contribution in [0.2, 0.25) is 10.0 Å². The Morgan fingerprint density at radius 3 is 2.69 bits per heavy atom. The second-order valence-corrected chi connectivity index (χ2v) is 6.88. The fourth-order valence-electron chi connectivity index (χ4n) is 2.04. The molecule has 0 bridgehead atoms. The molecule has 0 N–H and O–H groups in total. The summed E-state index contributed by atoms with van der Waals surface area (Å²) < 4.78 is 11.0. The highest BCUT2D eigenvalue weighted by atomic mass is 35.5. The van der Waals surface area contributed by atoms with Gasteiger partial charge in [0.1, 0.15) is 11.5 Å². The predicted molar refractivity (Wildman–Crippen MR) is 96.7 cm³/mol. The summed E-state index contributed by atoms with van der Waals surface area (Å²) in [6, 6.07) is 8.30. The van der Waals surface area contributed by atoms with E-state index < -0.39 is 5.97 Å². The summed E-state index contributed by atoms with van der Waals surface area (Å²) in [4.78, 5) is 11.3. The molecule has 134 valence electrons. The minimum Gasteiger partial charge on any atom is -0.544 e. The molecule has 0 aliphatic rings. The van der Waals surface area contributed by atoms with Gasteiger partial charge < -0.3 is 18.7 Å². The van der Waals surface area contributed by atoms with Crippen molar-refractivity contribution in [1.82, 2.24) is 10.2 Å². The second kappa shape index (κ2) is 7.99. The summed E-state index contributed by atoms with van der Waals surface area (Å²) in [7, 11) is 0. The molecule has 3 aromatic rings. The highest BCUT2D eigenvalue weighted by Gasteiger charge is 2.12. The van der Waals surface area contributed by atoms with Crippen molar-refractivity contribution < 1.29 is 18.7 Å². The quantitative estimate of drug-likeness (QED) is 0.447. The average molecular weight is 410 g/mol. The highest BCUT2D eigenvalue weighted by Crippen LogP contribution is 2.33. The van der Waals surface area contributed by atoms with E-state index in [0.717, 1.165) is 11.8 Å². The summed E-state index contributed by atoms with van der Waals surface area (Å²) in [6.07, 6.45) is 1.88. The van der Waals surface area contributed by atoms with Gasteiger partial charge >= 0.3 is 0 Å². The number of carboxylic acids is 1. The van der Waals surface area contributed by atoms with Crippen LogP contribution in [-0.2, 0) is 11.2 Å². The standard InChI is InChI=1S/C17H12Cl2N2O4S/c1-2-15-20-21-17(25-15)26-14(16(22)23)8-10-4-6-13(24-10)11-5-3-9(18)7-12(11)19/h3-8H,2H2,1H3,(H,22,23)/p-1/b14-8+. The molecule has 1 aromatic carbocycles. The molecule has 0 radical (unpaired) electrons. The lowest BCUT2D eigenvalue weighted by atomic mass is 10.2. The lowest BCUT2D eigenvalue weighted by Crippen LogP contribution is -2.22. The Morgan fingerprint density at radius 1 is 1.23 bits per heavy atom. The van der Waals surface area contributed by atoms with E-state index in [1.54, 1.807) is 30.3 Å². The number of carbonyl (C=O) groups is 1. The molecule has 0 saturated heterocycles. The van der Waals surface area contributed by atoms with E-state index >= 15 is 0 Å². The smallest absolute Gasteiger partial charge is 0.281 e. The van der Waals surface area contributed by atoms with Gasteiger partial charge in [-0.15, -0.1) is 10.2 Å². The lowest BCUT2D eigenvalue weighted by molar-refractivity contribution is -0.298. The van der Waals surface area contributed by atoms with E-state index in [2.05, 4.69) is 10.2 Å². The molecule has 0 amide bonds. The number of hydrogen-bond donors (Lipinski definition) is 0. The van der Waals surface area contributed by atoms with Gasteiger partial charge in [0.25, 0.3) is 5.22 Å². The number of carbonyl (C=O) groups excluding carboxylic acids is 1. The maximum atomic E-state index is 11.4. The number of rotatable bonds is 6. The van der Waals surface area contributed by atoms with Gasteiger partial charge in [-0.1, -0.05) is 30.1 Å². The van der Waals surface area contributed by atoms with Crippen LogP contribution in [0, 0.1) is 0 Å². The zero-order valence-electron chi connectivity index (χ0n) is 13.4. The van der Waals surface area contributed by atoms with Crippen molar-refractivity contribution in [3.8, 4) is 11.3 Å². The summed E-state index contributed by atoms with van der Waals surface area (Å²) in [6.45, 7) is 1.85. The van der Waals surface area contributed by atoms with Crippen LogP contribution >= 0.6 is 35.0 Å². The largest absolute Gasteiger partial charge is 0.544 e. The number of aryl methyl sites for hydroxylation is 1. The third kappa shape index (κ3) is 4.30. The van der Waals surface area contributed by atoms with Crippen molar-refractivity contribution in [2.45, 2.75) is 18.6 Å². The van der Waals surface area contributed by atoms with Crippen molar-refractivity contribution >= 4 is 47.0 Å². The van der Waals surface area contributed by atoms with Crippen LogP contribution in [0.1, 0.15) is 18.6 Å². The highest BCUT2D eigenvalue weighted by molar-refractivity contribution is 8.03. The Labute approximate surface area is 162 Å². The van der Waals surface area contributed by atoms with E-state index in [-0.39, 0.29) is 10.1 Å². The number of nitrogens with zero attached hydrogens (tertiary/aromatic N) is 2. The van der Waals surface area contributed by atoms with Crippen LogP contribution in [0.15, 0.2) is 49.3 Å².